The van der Waals surface area contributed by atoms with Crippen LogP contribution < -0.4 is 19.5 Å². The molecule has 0 radical (unpaired) electrons. The van der Waals surface area contributed by atoms with Crippen molar-refractivity contribution < 1.29 is 19.0 Å². The van der Waals surface area contributed by atoms with Gasteiger partial charge in [0.2, 0.25) is 5.91 Å². The molecule has 1 amide bonds. The molecule has 2 aromatic carbocycles. The van der Waals surface area contributed by atoms with Crippen molar-refractivity contribution in [3.8, 4) is 17.2 Å². The maximum absolute atomic E-state index is 12.2. The smallest absolute Gasteiger partial charge is 0.223 e. The lowest BCUT2D eigenvalue weighted by atomic mass is 10.1. The zero-order chi connectivity index (χ0) is 17.6. The summed E-state index contributed by atoms with van der Waals surface area (Å²) in [6, 6.07) is 13.5. The van der Waals surface area contributed by atoms with Crippen LogP contribution in [0.3, 0.4) is 0 Å². The zero-order valence-electron chi connectivity index (χ0n) is 14.6. The van der Waals surface area contributed by atoms with Gasteiger partial charge in [-0.05, 0) is 48.2 Å². The summed E-state index contributed by atoms with van der Waals surface area (Å²) in [6.07, 6.45) is 2.13. The van der Waals surface area contributed by atoms with E-state index in [0.29, 0.717) is 18.8 Å². The zero-order valence-corrected chi connectivity index (χ0v) is 14.6. The fourth-order valence-corrected chi connectivity index (χ4v) is 3.13. The van der Waals surface area contributed by atoms with E-state index in [4.69, 9.17) is 14.2 Å². The molecule has 5 nitrogen and oxygen atoms in total. The standard InChI is InChI=1S/C20H23NO4/c1-23-18-12-14-8-9-17(16(14)13-19(18)24-2)21-20(22)10-11-25-15-6-4-3-5-7-15/h3-7,12-13,17H,8-11H2,1-2H3,(H,21,22). The lowest BCUT2D eigenvalue weighted by Crippen LogP contribution is -2.28. The van der Waals surface area contributed by atoms with Crippen LogP contribution in [0.5, 0.6) is 17.2 Å². The van der Waals surface area contributed by atoms with E-state index in [0.717, 1.165) is 29.9 Å². The van der Waals surface area contributed by atoms with Gasteiger partial charge >= 0.3 is 0 Å². The van der Waals surface area contributed by atoms with Crippen molar-refractivity contribution in [2.24, 2.45) is 0 Å². The third-order valence-corrected chi connectivity index (χ3v) is 4.40. The monoisotopic (exact) mass is 341 g/mol. The molecule has 0 bridgehead atoms. The number of hydrogen-bond donors (Lipinski definition) is 1. The van der Waals surface area contributed by atoms with E-state index in [9.17, 15) is 4.79 Å². The van der Waals surface area contributed by atoms with Crippen LogP contribution in [-0.4, -0.2) is 26.7 Å². The Balaban J connectivity index is 1.57. The normalized spacial score (nSPS) is 15.4. The quantitative estimate of drug-likeness (QED) is 0.840. The van der Waals surface area contributed by atoms with Gasteiger partial charge in [-0.25, -0.2) is 0 Å². The van der Waals surface area contributed by atoms with Crippen LogP contribution in [0.4, 0.5) is 0 Å². The molecule has 132 valence electrons. The molecule has 0 aliphatic heterocycles. The first-order chi connectivity index (χ1) is 12.2. The number of amides is 1. The van der Waals surface area contributed by atoms with Gasteiger partial charge in [-0.1, -0.05) is 18.2 Å². The molecule has 5 heteroatoms. The summed E-state index contributed by atoms with van der Waals surface area (Å²) in [4.78, 5) is 12.2. The first kappa shape index (κ1) is 17.1. The number of ether oxygens (including phenoxy) is 3. The Morgan fingerprint density at radius 2 is 1.84 bits per heavy atom. The van der Waals surface area contributed by atoms with Crippen molar-refractivity contribution in [2.75, 3.05) is 20.8 Å². The van der Waals surface area contributed by atoms with E-state index >= 15 is 0 Å². The molecule has 2 aromatic rings. The topological polar surface area (TPSA) is 56.8 Å². The van der Waals surface area contributed by atoms with Crippen LogP contribution in [0.15, 0.2) is 42.5 Å². The number of aryl methyl sites for hydroxylation is 1. The van der Waals surface area contributed by atoms with Gasteiger partial charge in [-0.3, -0.25) is 4.79 Å². The van der Waals surface area contributed by atoms with Gasteiger partial charge < -0.3 is 19.5 Å². The number of carbonyl (C=O) groups excluding carboxylic acids is 1. The van der Waals surface area contributed by atoms with Crippen LogP contribution in [0.2, 0.25) is 0 Å². The fraction of sp³-hybridized carbons (Fsp3) is 0.350. The van der Waals surface area contributed by atoms with E-state index in [1.807, 2.05) is 42.5 Å². The van der Waals surface area contributed by atoms with Gasteiger partial charge in [0.1, 0.15) is 5.75 Å². The molecular formula is C20H23NO4. The Kier molecular flexibility index (Phi) is 5.43. The fourth-order valence-electron chi connectivity index (χ4n) is 3.13. The minimum Gasteiger partial charge on any atom is -0.493 e. The van der Waals surface area contributed by atoms with Gasteiger partial charge in [0.15, 0.2) is 11.5 Å². The van der Waals surface area contributed by atoms with Crippen molar-refractivity contribution in [1.82, 2.24) is 5.32 Å². The number of rotatable bonds is 7. The molecule has 3 rings (SSSR count). The summed E-state index contributed by atoms with van der Waals surface area (Å²) in [5, 5.41) is 3.09. The van der Waals surface area contributed by atoms with Gasteiger partial charge in [-0.15, -0.1) is 0 Å². The van der Waals surface area contributed by atoms with Gasteiger partial charge in [0.05, 0.1) is 33.3 Å². The summed E-state index contributed by atoms with van der Waals surface area (Å²) in [5.41, 5.74) is 2.30. The molecule has 1 aliphatic carbocycles. The molecule has 0 aromatic heterocycles. The summed E-state index contributed by atoms with van der Waals surface area (Å²) < 4.78 is 16.3. The Labute approximate surface area is 147 Å². The van der Waals surface area contributed by atoms with E-state index in [-0.39, 0.29) is 11.9 Å². The molecule has 1 unspecified atom stereocenters. The average Bonchev–Trinajstić information content (AvgIpc) is 3.03. The van der Waals surface area contributed by atoms with Crippen LogP contribution in [0.25, 0.3) is 0 Å². The number of benzene rings is 2. The second-order valence-corrected chi connectivity index (χ2v) is 5.98. The molecule has 0 spiro atoms. The summed E-state index contributed by atoms with van der Waals surface area (Å²) in [5.74, 6) is 2.18. The Morgan fingerprint density at radius 1 is 1.12 bits per heavy atom. The highest BCUT2D eigenvalue weighted by molar-refractivity contribution is 5.77. The van der Waals surface area contributed by atoms with Crippen LogP contribution in [0.1, 0.15) is 30.0 Å². The predicted octanol–water partition coefficient (Wildman–Crippen LogP) is 3.28. The first-order valence-electron chi connectivity index (χ1n) is 8.43. The number of para-hydroxylation sites is 1. The molecule has 1 atom stereocenters. The molecule has 0 saturated carbocycles. The van der Waals surface area contributed by atoms with Crippen molar-refractivity contribution in [1.29, 1.82) is 0 Å². The average molecular weight is 341 g/mol. The SMILES string of the molecule is COc1cc2c(cc1OC)C(NC(=O)CCOc1ccccc1)CC2. The van der Waals surface area contributed by atoms with Crippen molar-refractivity contribution in [2.45, 2.75) is 25.3 Å². The van der Waals surface area contributed by atoms with Crippen molar-refractivity contribution in [3.63, 3.8) is 0 Å². The molecular weight excluding hydrogens is 318 g/mol. The lowest BCUT2D eigenvalue weighted by molar-refractivity contribution is -0.122. The third kappa shape index (κ3) is 4.05. The van der Waals surface area contributed by atoms with Crippen LogP contribution >= 0.6 is 0 Å². The third-order valence-electron chi connectivity index (χ3n) is 4.40. The maximum Gasteiger partial charge on any atom is 0.223 e. The number of methoxy groups -OCH3 is 2. The summed E-state index contributed by atoms with van der Waals surface area (Å²) >= 11 is 0. The van der Waals surface area contributed by atoms with E-state index in [1.54, 1.807) is 14.2 Å². The second kappa shape index (κ2) is 7.92. The van der Waals surface area contributed by atoms with Crippen molar-refractivity contribution >= 4 is 5.91 Å². The minimum absolute atomic E-state index is 0.0106. The van der Waals surface area contributed by atoms with Crippen LogP contribution in [-0.2, 0) is 11.2 Å². The highest BCUT2D eigenvalue weighted by atomic mass is 16.5. The molecule has 1 aliphatic rings. The number of hydrogen-bond acceptors (Lipinski definition) is 4. The van der Waals surface area contributed by atoms with Crippen molar-refractivity contribution in [3.05, 3.63) is 53.6 Å². The van der Waals surface area contributed by atoms with Crippen LogP contribution in [0, 0.1) is 0 Å². The highest BCUT2D eigenvalue weighted by Crippen LogP contribution is 2.39. The van der Waals surface area contributed by atoms with E-state index in [2.05, 4.69) is 5.32 Å². The predicted molar refractivity (Wildman–Crippen MR) is 95.3 cm³/mol. The number of fused-ring (bicyclic) bond motifs is 1. The number of carbonyl (C=O) groups is 1. The molecule has 25 heavy (non-hydrogen) atoms. The molecule has 1 N–H and O–H groups in total. The van der Waals surface area contributed by atoms with E-state index < -0.39 is 0 Å². The Morgan fingerprint density at radius 3 is 2.56 bits per heavy atom. The molecule has 0 fully saturated rings. The second-order valence-electron chi connectivity index (χ2n) is 5.98. The number of nitrogens with one attached hydrogen (secondary N) is 1. The summed E-state index contributed by atoms with van der Waals surface area (Å²) in [7, 11) is 3.25. The largest absolute Gasteiger partial charge is 0.493 e. The van der Waals surface area contributed by atoms with Gasteiger partial charge in [0, 0.05) is 0 Å². The van der Waals surface area contributed by atoms with E-state index in [1.165, 1.54) is 5.56 Å². The maximum atomic E-state index is 12.2. The lowest BCUT2D eigenvalue weighted by Gasteiger charge is -2.16. The van der Waals surface area contributed by atoms with Gasteiger partial charge in [0.25, 0.3) is 0 Å². The Bertz CT molecular complexity index is 730. The van der Waals surface area contributed by atoms with Gasteiger partial charge in [-0.2, -0.15) is 0 Å². The highest BCUT2D eigenvalue weighted by Gasteiger charge is 2.26. The minimum atomic E-state index is -0.0106. The first-order valence-corrected chi connectivity index (χ1v) is 8.43. The Hall–Kier alpha value is -2.69. The molecule has 0 heterocycles. The summed E-state index contributed by atoms with van der Waals surface area (Å²) in [6.45, 7) is 0.362. The molecule has 0 saturated heterocycles.